The number of carbonyl (C=O) groups is 2. The monoisotopic (exact) mass is 508 g/mol. The minimum absolute atomic E-state index is 0.00726. The maximum absolute atomic E-state index is 13.6. The van der Waals surface area contributed by atoms with Crippen LogP contribution < -0.4 is 16.4 Å². The number of fused-ring (bicyclic) bond motifs is 2. The highest BCUT2D eigenvalue weighted by molar-refractivity contribution is 5.98. The van der Waals surface area contributed by atoms with E-state index in [0.717, 1.165) is 42.0 Å². The van der Waals surface area contributed by atoms with E-state index in [1.165, 1.54) is 10.8 Å². The van der Waals surface area contributed by atoms with E-state index in [1.807, 2.05) is 59.5 Å². The summed E-state index contributed by atoms with van der Waals surface area (Å²) in [7, 11) is 0. The molecule has 4 N–H and O–H groups in total. The van der Waals surface area contributed by atoms with Crippen molar-refractivity contribution in [2.75, 3.05) is 19.6 Å². The molecule has 0 bridgehead atoms. The number of unbranched alkanes of at least 4 members (excludes halogenated alkanes) is 1. The zero-order valence-electron chi connectivity index (χ0n) is 21.7. The Morgan fingerprint density at radius 1 is 0.895 bits per heavy atom. The maximum Gasteiger partial charge on any atom is 0.251 e. The van der Waals surface area contributed by atoms with E-state index in [4.69, 9.17) is 5.73 Å². The number of hydrogen-bond acceptors (Lipinski definition) is 4. The van der Waals surface area contributed by atoms with E-state index in [-0.39, 0.29) is 23.9 Å². The highest BCUT2D eigenvalue weighted by Crippen LogP contribution is 2.20. The molecule has 1 aliphatic heterocycles. The molecule has 0 unspecified atom stereocenters. The van der Waals surface area contributed by atoms with Gasteiger partial charge >= 0.3 is 0 Å². The lowest BCUT2D eigenvalue weighted by Gasteiger charge is -2.25. The van der Waals surface area contributed by atoms with Crippen LogP contribution in [0.25, 0.3) is 21.5 Å². The van der Waals surface area contributed by atoms with E-state index in [0.29, 0.717) is 31.7 Å². The van der Waals surface area contributed by atoms with E-state index >= 15 is 0 Å². The van der Waals surface area contributed by atoms with Crippen molar-refractivity contribution in [2.45, 2.75) is 44.3 Å². The summed E-state index contributed by atoms with van der Waals surface area (Å²) in [4.78, 5) is 28.5. The molecule has 6 nitrogen and oxygen atoms in total. The lowest BCUT2D eigenvalue weighted by molar-refractivity contribution is -0.133. The number of hydrogen-bond donors (Lipinski definition) is 3. The van der Waals surface area contributed by atoms with E-state index in [1.54, 1.807) is 0 Å². The number of benzene rings is 4. The Morgan fingerprint density at radius 3 is 2.32 bits per heavy atom. The van der Waals surface area contributed by atoms with Crippen LogP contribution in [0.1, 0.15) is 41.6 Å². The summed E-state index contributed by atoms with van der Waals surface area (Å²) in [6, 6.07) is 28.2. The Bertz CT molecular complexity index is 1420. The number of rotatable bonds is 9. The summed E-state index contributed by atoms with van der Waals surface area (Å²) in [5.41, 5.74) is 7.49. The third kappa shape index (κ3) is 6.21. The number of carbonyl (C=O) groups excluding carboxylic acids is 2. The van der Waals surface area contributed by atoms with Gasteiger partial charge in [0.05, 0.1) is 6.04 Å². The van der Waals surface area contributed by atoms with Gasteiger partial charge < -0.3 is 21.3 Å². The van der Waals surface area contributed by atoms with Crippen LogP contribution in [0.2, 0.25) is 0 Å². The summed E-state index contributed by atoms with van der Waals surface area (Å²) in [6.45, 7) is 2.31. The molecule has 196 valence electrons. The molecular weight excluding hydrogens is 472 g/mol. The minimum Gasteiger partial charge on any atom is -0.350 e. The van der Waals surface area contributed by atoms with Crippen LogP contribution in [0.15, 0.2) is 84.9 Å². The first-order valence-corrected chi connectivity index (χ1v) is 13.6. The first kappa shape index (κ1) is 25.9. The summed E-state index contributed by atoms with van der Waals surface area (Å²) < 4.78 is 0. The van der Waals surface area contributed by atoms with Gasteiger partial charge in [0.2, 0.25) is 5.91 Å². The van der Waals surface area contributed by atoms with Crippen LogP contribution in [-0.2, 0) is 11.3 Å². The molecule has 2 atom stereocenters. The van der Waals surface area contributed by atoms with Crippen molar-refractivity contribution in [1.82, 2.24) is 15.5 Å². The topological polar surface area (TPSA) is 87.5 Å². The standard InChI is InChI=1S/C32H36N4O2/c33-17-6-5-11-30-32(38)36(22-23-12-13-24-7-1-3-9-26(24)19-23)18-16-29(35-30)21-34-31(37)28-15-14-25-8-2-4-10-27(25)20-28/h1-4,7-10,12-15,19-20,29-30,35H,5-6,11,16-18,21-22,33H2,(H,34,37)/t29-,30-/m0/s1. The molecule has 0 saturated carbocycles. The van der Waals surface area contributed by atoms with Crippen molar-refractivity contribution in [3.63, 3.8) is 0 Å². The minimum atomic E-state index is -0.285. The zero-order valence-corrected chi connectivity index (χ0v) is 21.7. The molecule has 0 aromatic heterocycles. The molecule has 0 aliphatic carbocycles. The lowest BCUT2D eigenvalue weighted by Crippen LogP contribution is -2.48. The van der Waals surface area contributed by atoms with Crippen LogP contribution in [0.3, 0.4) is 0 Å². The van der Waals surface area contributed by atoms with Gasteiger partial charge in [-0.2, -0.15) is 0 Å². The van der Waals surface area contributed by atoms with Crippen molar-refractivity contribution >= 4 is 33.4 Å². The quantitative estimate of drug-likeness (QED) is 0.288. The van der Waals surface area contributed by atoms with E-state index in [2.05, 4.69) is 41.0 Å². The molecule has 1 fully saturated rings. The highest BCUT2D eigenvalue weighted by Gasteiger charge is 2.30. The van der Waals surface area contributed by atoms with Gasteiger partial charge in [-0.25, -0.2) is 0 Å². The Morgan fingerprint density at radius 2 is 1.58 bits per heavy atom. The number of nitrogens with one attached hydrogen (secondary N) is 2. The van der Waals surface area contributed by atoms with Crippen LogP contribution in [-0.4, -0.2) is 48.4 Å². The van der Waals surface area contributed by atoms with Gasteiger partial charge in [0, 0.05) is 31.2 Å². The van der Waals surface area contributed by atoms with Crippen LogP contribution >= 0.6 is 0 Å². The third-order valence-corrected chi connectivity index (χ3v) is 7.45. The second-order valence-corrected chi connectivity index (χ2v) is 10.2. The normalized spacial score (nSPS) is 18.0. The Kier molecular flexibility index (Phi) is 8.31. The molecular formula is C32H36N4O2. The van der Waals surface area contributed by atoms with E-state index in [9.17, 15) is 9.59 Å². The average Bonchev–Trinajstić information content (AvgIpc) is 3.10. The Labute approximate surface area is 224 Å². The van der Waals surface area contributed by atoms with Gasteiger partial charge in [-0.05, 0) is 71.1 Å². The van der Waals surface area contributed by atoms with Crippen LogP contribution in [0.4, 0.5) is 0 Å². The molecule has 1 aliphatic rings. The SMILES string of the molecule is NCCCC[C@@H]1N[C@H](CNC(=O)c2ccc3ccccc3c2)CCN(Cc2ccc3ccccc3c2)C1=O. The first-order chi connectivity index (χ1) is 18.6. The van der Waals surface area contributed by atoms with E-state index < -0.39 is 0 Å². The predicted molar refractivity (Wildman–Crippen MR) is 154 cm³/mol. The molecule has 0 radical (unpaired) electrons. The molecule has 6 heteroatoms. The van der Waals surface area contributed by atoms with Crippen molar-refractivity contribution in [3.05, 3.63) is 96.1 Å². The van der Waals surface area contributed by atoms with Crippen molar-refractivity contribution in [2.24, 2.45) is 5.73 Å². The van der Waals surface area contributed by atoms with Gasteiger partial charge in [-0.3, -0.25) is 9.59 Å². The molecule has 38 heavy (non-hydrogen) atoms. The van der Waals surface area contributed by atoms with Gasteiger partial charge in [0.1, 0.15) is 0 Å². The lowest BCUT2D eigenvalue weighted by atomic mass is 10.1. The highest BCUT2D eigenvalue weighted by atomic mass is 16.2. The second-order valence-electron chi connectivity index (χ2n) is 10.2. The fraction of sp³-hybridized carbons (Fsp3) is 0.312. The van der Waals surface area contributed by atoms with Crippen LogP contribution in [0, 0.1) is 0 Å². The number of amides is 2. The zero-order chi connectivity index (χ0) is 26.3. The molecule has 1 heterocycles. The second kappa shape index (κ2) is 12.2. The molecule has 2 amide bonds. The maximum atomic E-state index is 13.6. The fourth-order valence-corrected chi connectivity index (χ4v) is 5.31. The Balaban J connectivity index is 1.26. The fourth-order valence-electron chi connectivity index (χ4n) is 5.31. The summed E-state index contributed by atoms with van der Waals surface area (Å²) in [5, 5.41) is 11.2. The Hall–Kier alpha value is -3.74. The van der Waals surface area contributed by atoms with Crippen molar-refractivity contribution in [3.8, 4) is 0 Å². The molecule has 4 aromatic rings. The molecule has 4 aromatic carbocycles. The van der Waals surface area contributed by atoms with Gasteiger partial charge in [0.15, 0.2) is 0 Å². The summed E-state index contributed by atoms with van der Waals surface area (Å²) >= 11 is 0. The van der Waals surface area contributed by atoms with Gasteiger partial charge in [-0.15, -0.1) is 0 Å². The summed E-state index contributed by atoms with van der Waals surface area (Å²) in [5.74, 6) is 0.0272. The van der Waals surface area contributed by atoms with Gasteiger partial charge in [0.25, 0.3) is 5.91 Å². The number of nitrogens with zero attached hydrogens (tertiary/aromatic N) is 1. The van der Waals surface area contributed by atoms with Crippen molar-refractivity contribution in [1.29, 1.82) is 0 Å². The van der Waals surface area contributed by atoms with Gasteiger partial charge in [-0.1, -0.05) is 73.2 Å². The number of nitrogens with two attached hydrogens (primary N) is 1. The molecule has 1 saturated heterocycles. The van der Waals surface area contributed by atoms with Crippen LogP contribution in [0.5, 0.6) is 0 Å². The average molecular weight is 509 g/mol. The predicted octanol–water partition coefficient (Wildman–Crippen LogP) is 4.61. The smallest absolute Gasteiger partial charge is 0.251 e. The summed E-state index contributed by atoms with van der Waals surface area (Å²) in [6.07, 6.45) is 3.28. The molecule has 5 rings (SSSR count). The van der Waals surface area contributed by atoms with Crippen molar-refractivity contribution < 1.29 is 9.59 Å². The molecule has 0 spiro atoms. The first-order valence-electron chi connectivity index (χ1n) is 13.6. The third-order valence-electron chi connectivity index (χ3n) is 7.45. The largest absolute Gasteiger partial charge is 0.350 e.